The molecule has 0 bridgehead atoms. The predicted octanol–water partition coefficient (Wildman–Crippen LogP) is 2.05. The topological polar surface area (TPSA) is 56.3 Å². The fourth-order valence-corrected chi connectivity index (χ4v) is 2.33. The molecule has 1 aromatic heterocycles. The van der Waals surface area contributed by atoms with E-state index < -0.39 is 5.79 Å². The molecule has 1 aromatic rings. The van der Waals surface area contributed by atoms with Crippen LogP contribution in [-0.4, -0.2) is 34.4 Å². The third-order valence-corrected chi connectivity index (χ3v) is 3.20. The van der Waals surface area contributed by atoms with Crippen LogP contribution in [0.2, 0.25) is 0 Å². The third-order valence-electron chi connectivity index (χ3n) is 2.49. The lowest BCUT2D eigenvalue weighted by Crippen LogP contribution is -2.25. The van der Waals surface area contributed by atoms with Gasteiger partial charge in [-0.15, -0.1) is 0 Å². The highest BCUT2D eigenvalue weighted by Gasteiger charge is 2.32. The van der Waals surface area contributed by atoms with E-state index in [2.05, 4.69) is 21.6 Å². The first-order chi connectivity index (χ1) is 8.09. The summed E-state index contributed by atoms with van der Waals surface area (Å²) in [6.07, 6.45) is 2.10. The fraction of sp³-hybridized carbons (Fsp3) is 0.818. The second-order valence-electron chi connectivity index (χ2n) is 4.60. The molecule has 1 N–H and O–H groups in total. The summed E-state index contributed by atoms with van der Waals surface area (Å²) in [4.78, 5) is 4.40. The minimum Gasteiger partial charge on any atom is -0.358 e. The lowest BCUT2D eigenvalue weighted by atomic mass is 10.3. The zero-order valence-corrected chi connectivity index (χ0v) is 11.3. The molecule has 17 heavy (non-hydrogen) atoms. The number of hydrogen-bond donors (Lipinski definition) is 1. The van der Waals surface area contributed by atoms with Crippen LogP contribution in [0, 0.1) is 0 Å². The Hall–Kier alpha value is -0.720. The normalized spacial score (nSPS) is 22.9. The number of rotatable bonds is 5. The van der Waals surface area contributed by atoms with E-state index in [-0.39, 0.29) is 6.10 Å². The number of aryl methyl sites for hydroxylation is 1. The van der Waals surface area contributed by atoms with Gasteiger partial charge < -0.3 is 14.8 Å². The van der Waals surface area contributed by atoms with Gasteiger partial charge in [0, 0.05) is 24.5 Å². The van der Waals surface area contributed by atoms with Crippen molar-refractivity contribution in [3.63, 3.8) is 0 Å². The van der Waals surface area contributed by atoms with Gasteiger partial charge in [0.25, 0.3) is 0 Å². The van der Waals surface area contributed by atoms with Crippen molar-refractivity contribution in [3.05, 3.63) is 5.82 Å². The lowest BCUT2D eigenvalue weighted by molar-refractivity contribution is -0.136. The number of nitrogens with zero attached hydrogens (tertiary/aromatic N) is 2. The minimum absolute atomic E-state index is 0.0866. The molecular formula is C11H19N3O2S. The molecule has 5 nitrogen and oxygen atoms in total. The number of anilines is 1. The number of aromatic nitrogens is 2. The molecular weight excluding hydrogens is 238 g/mol. The molecule has 1 unspecified atom stereocenters. The Kier molecular flexibility index (Phi) is 3.96. The lowest BCUT2D eigenvalue weighted by Gasteiger charge is -2.17. The number of nitrogens with one attached hydrogen (secondary N) is 1. The summed E-state index contributed by atoms with van der Waals surface area (Å²) in [6, 6.07) is 0. The molecule has 1 saturated heterocycles. The van der Waals surface area contributed by atoms with Crippen LogP contribution in [-0.2, 0) is 15.9 Å². The van der Waals surface area contributed by atoms with E-state index in [1.165, 1.54) is 11.5 Å². The van der Waals surface area contributed by atoms with Crippen molar-refractivity contribution in [1.82, 2.24) is 9.36 Å². The molecule has 0 spiro atoms. The van der Waals surface area contributed by atoms with Crippen LogP contribution < -0.4 is 5.32 Å². The number of hydrogen-bond acceptors (Lipinski definition) is 6. The van der Waals surface area contributed by atoms with Gasteiger partial charge in [0.2, 0.25) is 5.13 Å². The summed E-state index contributed by atoms with van der Waals surface area (Å²) in [5, 5.41) is 4.11. The van der Waals surface area contributed by atoms with Crippen LogP contribution in [0.3, 0.4) is 0 Å². The zero-order chi connectivity index (χ0) is 12.3. The summed E-state index contributed by atoms with van der Waals surface area (Å²) in [7, 11) is 0. The van der Waals surface area contributed by atoms with Gasteiger partial charge in [0.05, 0.1) is 6.61 Å². The van der Waals surface area contributed by atoms with Gasteiger partial charge in [-0.2, -0.15) is 4.37 Å². The molecule has 0 aromatic carbocycles. The first-order valence-corrected chi connectivity index (χ1v) is 6.74. The average molecular weight is 257 g/mol. The van der Waals surface area contributed by atoms with E-state index in [0.29, 0.717) is 13.2 Å². The molecule has 2 rings (SSSR count). The van der Waals surface area contributed by atoms with Crippen molar-refractivity contribution < 1.29 is 9.47 Å². The van der Waals surface area contributed by atoms with Crippen LogP contribution in [0.4, 0.5) is 5.13 Å². The zero-order valence-electron chi connectivity index (χ0n) is 10.5. The highest BCUT2D eigenvalue weighted by molar-refractivity contribution is 7.09. The van der Waals surface area contributed by atoms with Crippen LogP contribution >= 0.6 is 11.5 Å². The van der Waals surface area contributed by atoms with E-state index in [9.17, 15) is 0 Å². The van der Waals surface area contributed by atoms with Gasteiger partial charge >= 0.3 is 0 Å². The molecule has 0 amide bonds. The monoisotopic (exact) mass is 257 g/mol. The van der Waals surface area contributed by atoms with E-state index >= 15 is 0 Å². The van der Waals surface area contributed by atoms with Crippen LogP contribution in [0.15, 0.2) is 0 Å². The SMILES string of the molecule is CCCc1nsc(NCC2COC(C)(C)O2)n1. The predicted molar refractivity (Wildman–Crippen MR) is 67.3 cm³/mol. The molecule has 1 fully saturated rings. The van der Waals surface area contributed by atoms with Crippen molar-refractivity contribution in [2.24, 2.45) is 0 Å². The van der Waals surface area contributed by atoms with E-state index in [0.717, 1.165) is 23.8 Å². The molecule has 0 radical (unpaired) electrons. The summed E-state index contributed by atoms with van der Waals surface area (Å²) >= 11 is 1.40. The van der Waals surface area contributed by atoms with Crippen molar-refractivity contribution in [3.8, 4) is 0 Å². The molecule has 1 atom stereocenters. The Morgan fingerprint density at radius 1 is 1.53 bits per heavy atom. The van der Waals surface area contributed by atoms with Crippen molar-refractivity contribution >= 4 is 16.7 Å². The van der Waals surface area contributed by atoms with Gasteiger partial charge in [-0.05, 0) is 20.3 Å². The molecule has 2 heterocycles. The maximum absolute atomic E-state index is 5.70. The second-order valence-corrected chi connectivity index (χ2v) is 5.35. The van der Waals surface area contributed by atoms with E-state index in [1.807, 2.05) is 13.8 Å². The maximum atomic E-state index is 5.70. The molecule has 96 valence electrons. The van der Waals surface area contributed by atoms with Gasteiger partial charge in [0.15, 0.2) is 5.79 Å². The Bertz CT molecular complexity index is 367. The highest BCUT2D eigenvalue weighted by atomic mass is 32.1. The fourth-order valence-electron chi connectivity index (χ4n) is 1.72. The summed E-state index contributed by atoms with van der Waals surface area (Å²) in [6.45, 7) is 7.32. The molecule has 1 aliphatic rings. The van der Waals surface area contributed by atoms with E-state index in [4.69, 9.17) is 9.47 Å². The number of ether oxygens (including phenoxy) is 2. The second kappa shape index (κ2) is 5.29. The largest absolute Gasteiger partial charge is 0.358 e. The molecule has 6 heteroatoms. The smallest absolute Gasteiger partial charge is 0.202 e. The minimum atomic E-state index is -0.457. The van der Waals surface area contributed by atoms with Crippen LogP contribution in [0.1, 0.15) is 33.0 Å². The summed E-state index contributed by atoms with van der Waals surface area (Å²) in [5.41, 5.74) is 0. The van der Waals surface area contributed by atoms with Gasteiger partial charge in [0.1, 0.15) is 11.9 Å². The maximum Gasteiger partial charge on any atom is 0.202 e. The van der Waals surface area contributed by atoms with Crippen molar-refractivity contribution in [2.45, 2.75) is 45.5 Å². The standard InChI is InChI=1S/C11H19N3O2S/c1-4-5-9-13-10(17-14-9)12-6-8-7-15-11(2,3)16-8/h8H,4-7H2,1-3H3,(H,12,13,14). The molecule has 0 saturated carbocycles. The van der Waals surface area contributed by atoms with Gasteiger partial charge in [-0.1, -0.05) is 6.92 Å². The first-order valence-electron chi connectivity index (χ1n) is 5.97. The van der Waals surface area contributed by atoms with Gasteiger partial charge in [-0.25, -0.2) is 4.98 Å². The first kappa shape index (κ1) is 12.7. The third kappa shape index (κ3) is 3.62. The summed E-state index contributed by atoms with van der Waals surface area (Å²) in [5.74, 6) is 0.463. The Morgan fingerprint density at radius 2 is 2.35 bits per heavy atom. The summed E-state index contributed by atoms with van der Waals surface area (Å²) < 4.78 is 15.5. The molecule has 1 aliphatic heterocycles. The van der Waals surface area contributed by atoms with Gasteiger partial charge in [-0.3, -0.25) is 0 Å². The molecule has 0 aliphatic carbocycles. The highest BCUT2D eigenvalue weighted by Crippen LogP contribution is 2.22. The van der Waals surface area contributed by atoms with Crippen LogP contribution in [0.5, 0.6) is 0 Å². The average Bonchev–Trinajstić information content (AvgIpc) is 2.83. The van der Waals surface area contributed by atoms with Crippen molar-refractivity contribution in [1.29, 1.82) is 0 Å². The Balaban J connectivity index is 1.78. The van der Waals surface area contributed by atoms with Crippen molar-refractivity contribution in [2.75, 3.05) is 18.5 Å². The Morgan fingerprint density at radius 3 is 3.00 bits per heavy atom. The van der Waals surface area contributed by atoms with Crippen LogP contribution in [0.25, 0.3) is 0 Å². The quantitative estimate of drug-likeness (QED) is 0.875. The Labute approximate surface area is 106 Å². The van der Waals surface area contributed by atoms with E-state index in [1.54, 1.807) is 0 Å².